The third kappa shape index (κ3) is 3.77. The third-order valence-electron chi connectivity index (χ3n) is 8.65. The first-order chi connectivity index (χ1) is 16.9. The van der Waals surface area contributed by atoms with Gasteiger partial charge >= 0.3 is 12.1 Å². The van der Waals surface area contributed by atoms with E-state index in [4.69, 9.17) is 9.84 Å². The van der Waals surface area contributed by atoms with Gasteiger partial charge in [0.1, 0.15) is 12.1 Å². The van der Waals surface area contributed by atoms with E-state index in [1.54, 1.807) is 0 Å². The molecule has 0 heterocycles. The van der Waals surface area contributed by atoms with Crippen LogP contribution in [0.3, 0.4) is 0 Å². The molecule has 2 amide bonds. The van der Waals surface area contributed by atoms with Crippen LogP contribution < -0.4 is 10.6 Å². The molecule has 7 nitrogen and oxygen atoms in total. The Morgan fingerprint density at radius 2 is 1.60 bits per heavy atom. The lowest BCUT2D eigenvalue weighted by atomic mass is 9.48. The van der Waals surface area contributed by atoms with Gasteiger partial charge in [0.15, 0.2) is 0 Å². The number of hydrogen-bond acceptors (Lipinski definition) is 4. The molecule has 7 heteroatoms. The van der Waals surface area contributed by atoms with E-state index in [0.29, 0.717) is 25.8 Å². The molecular weight excluding hydrogens is 444 g/mol. The first-order valence-corrected chi connectivity index (χ1v) is 12.5. The smallest absolute Gasteiger partial charge is 0.408 e. The summed E-state index contributed by atoms with van der Waals surface area (Å²) in [6.45, 7) is 0.530. The molecule has 1 spiro atoms. The van der Waals surface area contributed by atoms with E-state index < -0.39 is 17.6 Å². The monoisotopic (exact) mass is 474 g/mol. The van der Waals surface area contributed by atoms with E-state index in [1.165, 1.54) is 11.1 Å². The highest BCUT2D eigenvalue weighted by atomic mass is 16.5. The molecule has 2 aromatic rings. The van der Waals surface area contributed by atoms with Crippen molar-refractivity contribution in [3.8, 4) is 11.1 Å². The number of fused-ring (bicyclic) bond motifs is 3. The van der Waals surface area contributed by atoms with Gasteiger partial charge in [0, 0.05) is 12.5 Å². The highest BCUT2D eigenvalue weighted by molar-refractivity contribution is 5.91. The molecular formula is C28H30N2O5. The second-order valence-electron chi connectivity index (χ2n) is 10.9. The van der Waals surface area contributed by atoms with Gasteiger partial charge in [0.05, 0.1) is 5.92 Å². The predicted molar refractivity (Wildman–Crippen MR) is 129 cm³/mol. The van der Waals surface area contributed by atoms with Crippen LogP contribution in [-0.2, 0) is 14.3 Å². The molecule has 0 unspecified atom stereocenters. The number of amides is 2. The van der Waals surface area contributed by atoms with E-state index >= 15 is 0 Å². The van der Waals surface area contributed by atoms with Crippen LogP contribution >= 0.6 is 0 Å². The van der Waals surface area contributed by atoms with Crippen molar-refractivity contribution in [1.82, 2.24) is 10.6 Å². The van der Waals surface area contributed by atoms with Gasteiger partial charge in [0.2, 0.25) is 5.91 Å². The van der Waals surface area contributed by atoms with Gasteiger partial charge in [-0.25, -0.2) is 4.79 Å². The molecule has 3 saturated carbocycles. The number of alkyl carbamates (subject to hydrolysis) is 1. The summed E-state index contributed by atoms with van der Waals surface area (Å²) in [5.74, 6) is -1.48. The van der Waals surface area contributed by atoms with Crippen LogP contribution in [0.15, 0.2) is 48.5 Å². The minimum Gasteiger partial charge on any atom is -0.481 e. The number of carboxylic acids is 1. The first kappa shape index (κ1) is 22.1. The number of ether oxygens (including phenoxy) is 1. The third-order valence-corrected chi connectivity index (χ3v) is 8.65. The second kappa shape index (κ2) is 8.11. The molecule has 35 heavy (non-hydrogen) atoms. The summed E-state index contributed by atoms with van der Waals surface area (Å²) >= 11 is 0. The van der Waals surface area contributed by atoms with Crippen LogP contribution in [0.2, 0.25) is 0 Å². The van der Waals surface area contributed by atoms with Crippen LogP contribution in [0.25, 0.3) is 11.1 Å². The highest BCUT2D eigenvalue weighted by Crippen LogP contribution is 2.60. The summed E-state index contributed by atoms with van der Waals surface area (Å²) in [5, 5.41) is 14.9. The SMILES string of the molecule is O=C(NC1(C(=O)NC[C@H]2C[C@H]2C(=O)O)CC2(CCC2)C1)OCC1c2ccccc2-c2ccccc21. The van der Waals surface area contributed by atoms with Gasteiger partial charge in [-0.05, 0) is 65.7 Å². The van der Waals surface area contributed by atoms with E-state index in [1.807, 2.05) is 24.3 Å². The summed E-state index contributed by atoms with van der Waals surface area (Å²) in [7, 11) is 0. The van der Waals surface area contributed by atoms with Crippen molar-refractivity contribution in [3.05, 3.63) is 59.7 Å². The fourth-order valence-electron chi connectivity index (χ4n) is 6.56. The number of rotatable bonds is 7. The number of aliphatic carboxylic acids is 1. The fraction of sp³-hybridized carbons (Fsp3) is 0.464. The lowest BCUT2D eigenvalue weighted by molar-refractivity contribution is -0.144. The Labute approximate surface area is 204 Å². The van der Waals surface area contributed by atoms with Crippen molar-refractivity contribution in [2.45, 2.75) is 50.0 Å². The topological polar surface area (TPSA) is 105 Å². The maximum absolute atomic E-state index is 13.2. The van der Waals surface area contributed by atoms with Crippen LogP contribution in [-0.4, -0.2) is 41.8 Å². The highest BCUT2D eigenvalue weighted by Gasteiger charge is 2.62. The molecule has 0 bridgehead atoms. The Bertz CT molecular complexity index is 1150. The van der Waals surface area contributed by atoms with Crippen molar-refractivity contribution >= 4 is 18.0 Å². The Morgan fingerprint density at radius 3 is 2.14 bits per heavy atom. The molecule has 4 aliphatic carbocycles. The fourth-order valence-corrected chi connectivity index (χ4v) is 6.56. The average Bonchev–Trinajstić information content (AvgIpc) is 3.53. The van der Waals surface area contributed by atoms with Crippen molar-refractivity contribution in [3.63, 3.8) is 0 Å². The maximum Gasteiger partial charge on any atom is 0.408 e. The van der Waals surface area contributed by atoms with Crippen LogP contribution in [0, 0.1) is 17.3 Å². The van der Waals surface area contributed by atoms with E-state index in [9.17, 15) is 14.4 Å². The predicted octanol–water partition coefficient (Wildman–Crippen LogP) is 4.06. The lowest BCUT2D eigenvalue weighted by Gasteiger charge is -2.59. The lowest BCUT2D eigenvalue weighted by Crippen LogP contribution is -2.70. The Kier molecular flexibility index (Phi) is 5.13. The molecule has 0 saturated heterocycles. The van der Waals surface area contributed by atoms with Gasteiger partial charge < -0.3 is 20.5 Å². The van der Waals surface area contributed by atoms with Gasteiger partial charge in [-0.1, -0.05) is 55.0 Å². The van der Waals surface area contributed by atoms with Crippen LogP contribution in [0.4, 0.5) is 4.79 Å². The number of benzene rings is 2. The molecule has 3 fully saturated rings. The normalized spacial score (nSPS) is 24.3. The largest absolute Gasteiger partial charge is 0.481 e. The summed E-state index contributed by atoms with van der Waals surface area (Å²) in [5.41, 5.74) is 3.79. The molecule has 2 aromatic carbocycles. The van der Waals surface area contributed by atoms with Gasteiger partial charge in [-0.15, -0.1) is 0 Å². The van der Waals surface area contributed by atoms with E-state index in [0.717, 1.165) is 30.4 Å². The summed E-state index contributed by atoms with van der Waals surface area (Å²) in [6, 6.07) is 16.4. The first-order valence-electron chi connectivity index (χ1n) is 12.5. The van der Waals surface area contributed by atoms with Crippen molar-refractivity contribution < 1.29 is 24.2 Å². The molecule has 0 aliphatic heterocycles. The zero-order chi connectivity index (χ0) is 24.2. The Morgan fingerprint density at radius 1 is 0.971 bits per heavy atom. The van der Waals surface area contributed by atoms with Crippen LogP contribution in [0.1, 0.15) is 55.6 Å². The van der Waals surface area contributed by atoms with E-state index in [-0.39, 0.29) is 35.7 Å². The molecule has 0 radical (unpaired) electrons. The zero-order valence-electron chi connectivity index (χ0n) is 19.6. The summed E-state index contributed by atoms with van der Waals surface area (Å²) in [6.07, 6.45) is 4.56. The summed E-state index contributed by atoms with van der Waals surface area (Å²) in [4.78, 5) is 37.2. The molecule has 182 valence electrons. The van der Waals surface area contributed by atoms with Crippen molar-refractivity contribution in [2.75, 3.05) is 13.2 Å². The maximum atomic E-state index is 13.2. The van der Waals surface area contributed by atoms with Gasteiger partial charge in [-0.3, -0.25) is 9.59 Å². The molecule has 2 atom stereocenters. The van der Waals surface area contributed by atoms with Gasteiger partial charge in [0.25, 0.3) is 0 Å². The molecule has 0 aromatic heterocycles. The summed E-state index contributed by atoms with van der Waals surface area (Å²) < 4.78 is 5.72. The Balaban J connectivity index is 1.11. The average molecular weight is 475 g/mol. The minimum atomic E-state index is -0.976. The minimum absolute atomic E-state index is 0.0271. The van der Waals surface area contributed by atoms with Gasteiger partial charge in [-0.2, -0.15) is 0 Å². The number of carbonyl (C=O) groups is 3. The number of carbonyl (C=O) groups excluding carboxylic acids is 2. The van der Waals surface area contributed by atoms with Crippen LogP contribution in [0.5, 0.6) is 0 Å². The van der Waals surface area contributed by atoms with Crippen molar-refractivity contribution in [1.29, 1.82) is 0 Å². The Hall–Kier alpha value is -3.35. The zero-order valence-corrected chi connectivity index (χ0v) is 19.6. The number of hydrogen-bond donors (Lipinski definition) is 3. The quantitative estimate of drug-likeness (QED) is 0.561. The standard InChI is InChI=1S/C28H30N2O5/c31-24(32)22-12-17(22)13-29-25(33)28(15-27(16-28)10-5-11-27)30-26(34)35-14-23-20-8-3-1-6-18(20)19-7-2-4-9-21(19)23/h1-4,6-9,17,22-23H,5,10-16H2,(H,29,33)(H,30,34)(H,31,32)/t17-,22-/m1/s1. The number of nitrogens with one attached hydrogen (secondary N) is 2. The molecule has 3 N–H and O–H groups in total. The van der Waals surface area contributed by atoms with E-state index in [2.05, 4.69) is 34.9 Å². The molecule has 6 rings (SSSR count). The van der Waals surface area contributed by atoms with Crippen molar-refractivity contribution in [2.24, 2.45) is 17.3 Å². The number of carboxylic acid groups (broad SMARTS) is 1. The molecule has 4 aliphatic rings. The second-order valence-corrected chi connectivity index (χ2v) is 10.9.